The highest BCUT2D eigenvalue weighted by Gasteiger charge is 2.25. The van der Waals surface area contributed by atoms with Crippen LogP contribution in [-0.4, -0.2) is 44.2 Å². The Labute approximate surface area is 174 Å². The number of hydrogen-bond acceptors (Lipinski definition) is 7. The topological polar surface area (TPSA) is 77.2 Å². The first-order valence-electron chi connectivity index (χ1n) is 9.96. The van der Waals surface area contributed by atoms with Gasteiger partial charge >= 0.3 is 0 Å². The lowest BCUT2D eigenvalue weighted by atomic mass is 10.2. The fourth-order valence-corrected chi connectivity index (χ4v) is 3.66. The van der Waals surface area contributed by atoms with Gasteiger partial charge in [-0.15, -0.1) is 0 Å². The first kappa shape index (κ1) is 18.4. The van der Waals surface area contributed by atoms with Crippen LogP contribution in [0.25, 0.3) is 22.8 Å². The van der Waals surface area contributed by atoms with E-state index in [4.69, 9.17) is 9.26 Å². The second-order valence-electron chi connectivity index (χ2n) is 7.27. The number of rotatable bonds is 6. The van der Waals surface area contributed by atoms with E-state index in [0.717, 1.165) is 42.9 Å². The minimum Gasteiger partial charge on any atom is -0.488 e. The highest BCUT2D eigenvalue weighted by molar-refractivity contribution is 5.65. The van der Waals surface area contributed by atoms with E-state index < -0.39 is 0 Å². The Morgan fingerprint density at radius 3 is 2.57 bits per heavy atom. The molecular weight excluding hydrogens is 378 g/mol. The van der Waals surface area contributed by atoms with Gasteiger partial charge in [0, 0.05) is 50.0 Å². The van der Waals surface area contributed by atoms with Crippen LogP contribution < -0.4 is 4.74 Å². The van der Waals surface area contributed by atoms with Crippen molar-refractivity contribution in [2.75, 3.05) is 13.1 Å². The van der Waals surface area contributed by atoms with Crippen LogP contribution in [0.3, 0.4) is 0 Å². The van der Waals surface area contributed by atoms with E-state index in [1.807, 2.05) is 48.8 Å². The fourth-order valence-electron chi connectivity index (χ4n) is 3.66. The first-order valence-corrected chi connectivity index (χ1v) is 9.96. The summed E-state index contributed by atoms with van der Waals surface area (Å²) in [6.07, 6.45) is 8.18. The molecule has 1 aliphatic heterocycles. The number of para-hydroxylation sites is 1. The molecule has 3 aromatic heterocycles. The lowest BCUT2D eigenvalue weighted by Gasteiger charge is -2.17. The number of nitrogens with zero attached hydrogens (tertiary/aromatic N) is 5. The molecule has 30 heavy (non-hydrogen) atoms. The van der Waals surface area contributed by atoms with Gasteiger partial charge in [0.15, 0.2) is 0 Å². The largest absolute Gasteiger partial charge is 0.488 e. The maximum atomic E-state index is 6.35. The van der Waals surface area contributed by atoms with Crippen LogP contribution in [0.15, 0.2) is 77.8 Å². The number of likely N-dealkylation sites (tertiary alicyclic amines) is 1. The number of hydrogen-bond donors (Lipinski definition) is 0. The molecule has 1 saturated heterocycles. The summed E-state index contributed by atoms with van der Waals surface area (Å²) < 4.78 is 11.9. The predicted molar refractivity (Wildman–Crippen MR) is 112 cm³/mol. The van der Waals surface area contributed by atoms with Gasteiger partial charge in [0.1, 0.15) is 11.9 Å². The van der Waals surface area contributed by atoms with Crippen molar-refractivity contribution < 1.29 is 9.26 Å². The third-order valence-corrected chi connectivity index (χ3v) is 5.16. The van der Waals surface area contributed by atoms with E-state index >= 15 is 0 Å². The van der Waals surface area contributed by atoms with Gasteiger partial charge < -0.3 is 9.26 Å². The lowest BCUT2D eigenvalue weighted by molar-refractivity contribution is 0.198. The van der Waals surface area contributed by atoms with Crippen LogP contribution >= 0.6 is 0 Å². The molecule has 0 saturated carbocycles. The summed E-state index contributed by atoms with van der Waals surface area (Å²) >= 11 is 0. The summed E-state index contributed by atoms with van der Waals surface area (Å²) in [5, 5.41) is 4.11. The molecule has 150 valence electrons. The number of pyridine rings is 2. The highest BCUT2D eigenvalue weighted by atomic mass is 16.5. The minimum absolute atomic E-state index is 0.121. The Morgan fingerprint density at radius 2 is 1.73 bits per heavy atom. The van der Waals surface area contributed by atoms with E-state index in [1.165, 1.54) is 5.56 Å². The Morgan fingerprint density at radius 1 is 0.967 bits per heavy atom. The number of benzene rings is 1. The summed E-state index contributed by atoms with van der Waals surface area (Å²) in [4.78, 5) is 15.1. The Bertz CT molecular complexity index is 1100. The average molecular weight is 399 g/mol. The summed E-state index contributed by atoms with van der Waals surface area (Å²) in [7, 11) is 0. The summed E-state index contributed by atoms with van der Waals surface area (Å²) in [5.41, 5.74) is 2.93. The summed E-state index contributed by atoms with van der Waals surface area (Å²) in [6.45, 7) is 2.79. The van der Waals surface area contributed by atoms with Crippen molar-refractivity contribution in [2.45, 2.75) is 19.1 Å². The Hall–Kier alpha value is -3.58. The molecule has 0 N–H and O–H groups in total. The smallest absolute Gasteiger partial charge is 0.262 e. The molecule has 4 aromatic rings. The Kier molecular flexibility index (Phi) is 5.18. The van der Waals surface area contributed by atoms with Gasteiger partial charge in [-0.2, -0.15) is 4.98 Å². The van der Waals surface area contributed by atoms with Crippen LogP contribution in [0.1, 0.15) is 12.0 Å². The Balaban J connectivity index is 1.30. The van der Waals surface area contributed by atoms with Crippen molar-refractivity contribution in [3.63, 3.8) is 0 Å². The lowest BCUT2D eigenvalue weighted by Crippen LogP contribution is -2.24. The standard InChI is InChI=1S/C23H21N5O2/c1-2-4-21(29-19-9-14-28(16-19)15-17-5-10-24-11-6-17)20(3-1)23-26-22(27-30-23)18-7-12-25-13-8-18/h1-8,10-13,19H,9,14-16H2. The fraction of sp³-hybridized carbons (Fsp3) is 0.217. The molecule has 5 rings (SSSR count). The summed E-state index contributed by atoms with van der Waals surface area (Å²) in [5.74, 6) is 1.74. The van der Waals surface area contributed by atoms with E-state index in [9.17, 15) is 0 Å². The van der Waals surface area contributed by atoms with Crippen LogP contribution in [0, 0.1) is 0 Å². The van der Waals surface area contributed by atoms with Gasteiger partial charge in [-0.3, -0.25) is 14.9 Å². The second kappa shape index (κ2) is 8.42. The number of ether oxygens (including phenoxy) is 1. The molecule has 1 aromatic carbocycles. The van der Waals surface area contributed by atoms with E-state index in [0.29, 0.717) is 11.7 Å². The molecular formula is C23H21N5O2. The van der Waals surface area contributed by atoms with Crippen LogP contribution in [0.2, 0.25) is 0 Å². The molecule has 1 unspecified atom stereocenters. The second-order valence-corrected chi connectivity index (χ2v) is 7.27. The maximum Gasteiger partial charge on any atom is 0.262 e. The van der Waals surface area contributed by atoms with Crippen LogP contribution in [0.4, 0.5) is 0 Å². The van der Waals surface area contributed by atoms with Gasteiger partial charge in [0.2, 0.25) is 5.82 Å². The molecule has 0 bridgehead atoms. The van der Waals surface area contributed by atoms with E-state index in [2.05, 4.69) is 37.1 Å². The highest BCUT2D eigenvalue weighted by Crippen LogP contribution is 2.32. The molecule has 0 spiro atoms. The van der Waals surface area contributed by atoms with Gasteiger partial charge in [-0.25, -0.2) is 0 Å². The quantitative estimate of drug-likeness (QED) is 0.487. The van der Waals surface area contributed by atoms with Crippen molar-refractivity contribution in [1.29, 1.82) is 0 Å². The maximum absolute atomic E-state index is 6.35. The minimum atomic E-state index is 0.121. The summed E-state index contributed by atoms with van der Waals surface area (Å²) in [6, 6.07) is 15.6. The van der Waals surface area contributed by atoms with Crippen molar-refractivity contribution in [1.82, 2.24) is 25.0 Å². The van der Waals surface area contributed by atoms with E-state index in [1.54, 1.807) is 12.4 Å². The van der Waals surface area contributed by atoms with Gasteiger partial charge in [-0.1, -0.05) is 17.3 Å². The van der Waals surface area contributed by atoms with Crippen LogP contribution in [0.5, 0.6) is 5.75 Å². The van der Waals surface area contributed by atoms with Crippen molar-refractivity contribution >= 4 is 0 Å². The monoisotopic (exact) mass is 399 g/mol. The zero-order chi connectivity index (χ0) is 20.2. The zero-order valence-corrected chi connectivity index (χ0v) is 16.4. The predicted octanol–water partition coefficient (Wildman–Crippen LogP) is 3.85. The van der Waals surface area contributed by atoms with E-state index in [-0.39, 0.29) is 6.10 Å². The molecule has 1 aliphatic rings. The number of aromatic nitrogens is 4. The van der Waals surface area contributed by atoms with Crippen molar-refractivity contribution in [3.8, 4) is 28.6 Å². The molecule has 0 radical (unpaired) electrons. The molecule has 0 amide bonds. The van der Waals surface area contributed by atoms with Crippen LogP contribution in [-0.2, 0) is 6.54 Å². The molecule has 7 heteroatoms. The molecule has 4 heterocycles. The van der Waals surface area contributed by atoms with Gasteiger partial charge in [0.25, 0.3) is 5.89 Å². The molecule has 7 nitrogen and oxygen atoms in total. The van der Waals surface area contributed by atoms with Crippen molar-refractivity contribution in [2.24, 2.45) is 0 Å². The molecule has 0 aliphatic carbocycles. The molecule has 1 atom stereocenters. The zero-order valence-electron chi connectivity index (χ0n) is 16.4. The third kappa shape index (κ3) is 4.06. The SMILES string of the molecule is c1ccc(-c2nc(-c3ccncc3)no2)c(OC2CCN(Cc3ccncc3)C2)c1. The molecule has 1 fully saturated rings. The average Bonchev–Trinajstić information content (AvgIpc) is 3.46. The van der Waals surface area contributed by atoms with Crippen molar-refractivity contribution in [3.05, 3.63) is 78.9 Å². The van der Waals surface area contributed by atoms with Gasteiger partial charge in [0.05, 0.1) is 5.56 Å². The third-order valence-electron chi connectivity index (χ3n) is 5.16. The first-order chi connectivity index (χ1) is 14.8. The normalized spacial score (nSPS) is 16.6. The van der Waals surface area contributed by atoms with Gasteiger partial charge in [-0.05, 0) is 48.4 Å².